The standard InChI is InChI=1S/C11H7BrFNO5S/c12-10-9(5-8(19-10)11(15)16)20(17,18)14-7-3-1-6(13)2-4-7/h1-5,14H,(H,15,16). The molecule has 1 aromatic carbocycles. The number of rotatable bonds is 4. The summed E-state index contributed by atoms with van der Waals surface area (Å²) in [5, 5.41) is 8.74. The Morgan fingerprint density at radius 1 is 1.30 bits per heavy atom. The third-order valence-electron chi connectivity index (χ3n) is 2.25. The van der Waals surface area contributed by atoms with Gasteiger partial charge in [-0.25, -0.2) is 17.6 Å². The van der Waals surface area contributed by atoms with E-state index in [0.29, 0.717) is 0 Å². The number of carboxylic acids is 1. The molecule has 0 spiro atoms. The number of nitrogens with one attached hydrogen (secondary N) is 1. The topological polar surface area (TPSA) is 96.6 Å². The van der Waals surface area contributed by atoms with Crippen LogP contribution in [0.3, 0.4) is 0 Å². The third-order valence-corrected chi connectivity index (χ3v) is 4.49. The van der Waals surface area contributed by atoms with Gasteiger partial charge in [0.25, 0.3) is 10.0 Å². The van der Waals surface area contributed by atoms with Crippen LogP contribution in [-0.4, -0.2) is 19.5 Å². The lowest BCUT2D eigenvalue weighted by Crippen LogP contribution is -2.12. The van der Waals surface area contributed by atoms with Crippen LogP contribution in [0, 0.1) is 5.82 Å². The van der Waals surface area contributed by atoms with Crippen molar-refractivity contribution in [3.8, 4) is 0 Å². The van der Waals surface area contributed by atoms with Crippen molar-refractivity contribution in [2.45, 2.75) is 4.90 Å². The van der Waals surface area contributed by atoms with Gasteiger partial charge in [-0.1, -0.05) is 0 Å². The van der Waals surface area contributed by atoms with Crippen LogP contribution in [0.4, 0.5) is 10.1 Å². The minimum Gasteiger partial charge on any atom is -0.475 e. The minimum atomic E-state index is -4.05. The number of anilines is 1. The predicted octanol–water partition coefficient (Wildman–Crippen LogP) is 2.68. The second-order valence-corrected chi connectivity index (χ2v) is 6.04. The van der Waals surface area contributed by atoms with Gasteiger partial charge in [0, 0.05) is 11.8 Å². The Hall–Kier alpha value is -1.87. The van der Waals surface area contributed by atoms with Crippen molar-refractivity contribution in [2.75, 3.05) is 4.72 Å². The van der Waals surface area contributed by atoms with Crippen molar-refractivity contribution in [1.29, 1.82) is 0 Å². The van der Waals surface area contributed by atoms with E-state index in [0.717, 1.165) is 18.2 Å². The van der Waals surface area contributed by atoms with Crippen LogP contribution in [0.5, 0.6) is 0 Å². The van der Waals surface area contributed by atoms with Gasteiger partial charge < -0.3 is 9.52 Å². The summed E-state index contributed by atoms with van der Waals surface area (Å²) in [6, 6.07) is 5.52. The lowest BCUT2D eigenvalue weighted by molar-refractivity contribution is 0.0661. The number of hydrogen-bond acceptors (Lipinski definition) is 4. The zero-order valence-electron chi connectivity index (χ0n) is 9.63. The molecule has 2 N–H and O–H groups in total. The average Bonchev–Trinajstić information content (AvgIpc) is 2.75. The molecule has 0 aliphatic heterocycles. The van der Waals surface area contributed by atoms with Crippen LogP contribution in [0.15, 0.2) is 44.3 Å². The van der Waals surface area contributed by atoms with Crippen molar-refractivity contribution in [3.63, 3.8) is 0 Å². The van der Waals surface area contributed by atoms with E-state index in [2.05, 4.69) is 20.7 Å². The monoisotopic (exact) mass is 363 g/mol. The first-order valence-electron chi connectivity index (χ1n) is 5.10. The molecule has 0 radical (unpaired) electrons. The highest BCUT2D eigenvalue weighted by molar-refractivity contribution is 9.10. The van der Waals surface area contributed by atoms with Crippen LogP contribution in [0.2, 0.25) is 0 Å². The minimum absolute atomic E-state index is 0.136. The lowest BCUT2D eigenvalue weighted by Gasteiger charge is -2.06. The van der Waals surface area contributed by atoms with Crippen molar-refractivity contribution < 1.29 is 27.1 Å². The first-order chi connectivity index (χ1) is 9.29. The maximum atomic E-state index is 12.7. The number of benzene rings is 1. The molecular formula is C11H7BrFNO5S. The van der Waals surface area contributed by atoms with Gasteiger partial charge in [-0.05, 0) is 40.2 Å². The second kappa shape index (κ2) is 5.25. The Morgan fingerprint density at radius 3 is 2.40 bits per heavy atom. The molecule has 0 saturated heterocycles. The van der Waals surface area contributed by atoms with Crippen molar-refractivity contribution in [2.24, 2.45) is 0 Å². The van der Waals surface area contributed by atoms with E-state index in [-0.39, 0.29) is 15.3 Å². The van der Waals surface area contributed by atoms with E-state index in [1.807, 2.05) is 0 Å². The molecule has 1 heterocycles. The zero-order valence-corrected chi connectivity index (χ0v) is 12.0. The van der Waals surface area contributed by atoms with Gasteiger partial charge in [0.2, 0.25) is 5.76 Å². The van der Waals surface area contributed by atoms with Gasteiger partial charge >= 0.3 is 5.97 Å². The highest BCUT2D eigenvalue weighted by Gasteiger charge is 2.24. The quantitative estimate of drug-likeness (QED) is 0.870. The van der Waals surface area contributed by atoms with Crippen LogP contribution in [-0.2, 0) is 10.0 Å². The molecule has 0 fully saturated rings. The predicted molar refractivity (Wildman–Crippen MR) is 70.6 cm³/mol. The summed E-state index contributed by atoms with van der Waals surface area (Å²) in [5.41, 5.74) is 0.136. The number of hydrogen-bond donors (Lipinski definition) is 2. The van der Waals surface area contributed by atoms with E-state index in [9.17, 15) is 17.6 Å². The molecule has 106 valence electrons. The van der Waals surface area contributed by atoms with Gasteiger partial charge in [0.15, 0.2) is 4.67 Å². The summed E-state index contributed by atoms with van der Waals surface area (Å²) in [6.45, 7) is 0. The van der Waals surface area contributed by atoms with Gasteiger partial charge in [-0.3, -0.25) is 4.72 Å². The Morgan fingerprint density at radius 2 is 1.90 bits per heavy atom. The molecule has 0 aliphatic rings. The third kappa shape index (κ3) is 2.99. The molecule has 0 bridgehead atoms. The Kier molecular flexibility index (Phi) is 3.82. The summed E-state index contributed by atoms with van der Waals surface area (Å²) in [5.74, 6) is -2.42. The van der Waals surface area contributed by atoms with Gasteiger partial charge in [0.1, 0.15) is 10.7 Å². The summed E-state index contributed by atoms with van der Waals surface area (Å²) in [6.07, 6.45) is 0. The molecule has 6 nitrogen and oxygen atoms in total. The summed E-state index contributed by atoms with van der Waals surface area (Å²) >= 11 is 2.84. The van der Waals surface area contributed by atoms with Crippen LogP contribution in [0.25, 0.3) is 0 Å². The number of carbonyl (C=O) groups is 1. The van der Waals surface area contributed by atoms with Gasteiger partial charge in [0.05, 0.1) is 0 Å². The molecule has 0 amide bonds. The SMILES string of the molecule is O=C(O)c1cc(S(=O)(=O)Nc2ccc(F)cc2)c(Br)o1. The first-order valence-corrected chi connectivity index (χ1v) is 7.38. The summed E-state index contributed by atoms with van der Waals surface area (Å²) < 4.78 is 43.5. The van der Waals surface area contributed by atoms with E-state index < -0.39 is 27.6 Å². The normalized spacial score (nSPS) is 11.3. The molecule has 2 rings (SSSR count). The zero-order chi connectivity index (χ0) is 14.9. The van der Waals surface area contributed by atoms with E-state index in [4.69, 9.17) is 9.52 Å². The molecule has 0 atom stereocenters. The average molecular weight is 364 g/mol. The van der Waals surface area contributed by atoms with Crippen LogP contribution >= 0.6 is 15.9 Å². The lowest BCUT2D eigenvalue weighted by atomic mass is 10.3. The Bertz CT molecular complexity index is 754. The molecule has 2 aromatic rings. The fraction of sp³-hybridized carbons (Fsp3) is 0. The molecule has 1 aromatic heterocycles. The number of aromatic carboxylic acids is 1. The molecule has 0 saturated carbocycles. The maximum Gasteiger partial charge on any atom is 0.371 e. The first kappa shape index (κ1) is 14.5. The second-order valence-electron chi connectivity index (χ2n) is 3.67. The smallest absolute Gasteiger partial charge is 0.371 e. The fourth-order valence-electron chi connectivity index (χ4n) is 1.37. The van der Waals surface area contributed by atoms with E-state index in [1.54, 1.807) is 0 Å². The molecular weight excluding hydrogens is 357 g/mol. The van der Waals surface area contributed by atoms with Gasteiger partial charge in [-0.2, -0.15) is 0 Å². The Labute approximate surface area is 121 Å². The molecule has 20 heavy (non-hydrogen) atoms. The number of halogens is 2. The highest BCUT2D eigenvalue weighted by atomic mass is 79.9. The summed E-state index contributed by atoms with van der Waals surface area (Å²) in [7, 11) is -4.05. The molecule has 9 heteroatoms. The van der Waals surface area contributed by atoms with Crippen LogP contribution < -0.4 is 4.72 Å². The maximum absolute atomic E-state index is 12.7. The van der Waals surface area contributed by atoms with Crippen LogP contribution in [0.1, 0.15) is 10.6 Å². The van der Waals surface area contributed by atoms with E-state index >= 15 is 0 Å². The number of carboxylic acid groups (broad SMARTS) is 1. The summed E-state index contributed by atoms with van der Waals surface area (Å²) in [4.78, 5) is 10.4. The molecule has 0 unspecified atom stereocenters. The van der Waals surface area contributed by atoms with E-state index in [1.165, 1.54) is 12.1 Å². The fourth-order valence-corrected chi connectivity index (χ4v) is 3.37. The highest BCUT2D eigenvalue weighted by Crippen LogP contribution is 2.27. The van der Waals surface area contributed by atoms with Gasteiger partial charge in [-0.15, -0.1) is 0 Å². The molecule has 0 aliphatic carbocycles. The Balaban J connectivity index is 2.35. The number of furan rings is 1. The largest absolute Gasteiger partial charge is 0.475 e. The van der Waals surface area contributed by atoms with Crippen molar-refractivity contribution >= 4 is 37.6 Å². The van der Waals surface area contributed by atoms with Crippen molar-refractivity contribution in [3.05, 3.63) is 46.6 Å². The number of sulfonamides is 1. The van der Waals surface area contributed by atoms with Crippen molar-refractivity contribution in [1.82, 2.24) is 0 Å².